The van der Waals surface area contributed by atoms with Gasteiger partial charge in [0, 0.05) is 31.6 Å². The second kappa shape index (κ2) is 9.12. The molecule has 0 bridgehead atoms. The van der Waals surface area contributed by atoms with E-state index in [1.54, 1.807) is 18.2 Å². The van der Waals surface area contributed by atoms with Crippen molar-refractivity contribution >= 4 is 23.2 Å². The maximum absolute atomic E-state index is 13.6. The van der Waals surface area contributed by atoms with Gasteiger partial charge in [-0.1, -0.05) is 0 Å². The van der Waals surface area contributed by atoms with Crippen LogP contribution in [0.1, 0.15) is 13.3 Å². The van der Waals surface area contributed by atoms with Gasteiger partial charge in [0.25, 0.3) is 0 Å². The van der Waals surface area contributed by atoms with Gasteiger partial charge in [-0.3, -0.25) is 9.59 Å². The molecule has 0 atom stereocenters. The Kier molecular flexibility index (Phi) is 6.86. The smallest absolute Gasteiger partial charge is 0.226 e. The van der Waals surface area contributed by atoms with Crippen molar-refractivity contribution in [2.24, 2.45) is 0 Å². The second-order valence-corrected chi connectivity index (χ2v) is 5.73. The molecule has 2 aromatic carbocycles. The van der Waals surface area contributed by atoms with E-state index in [-0.39, 0.29) is 18.9 Å². The van der Waals surface area contributed by atoms with Gasteiger partial charge in [-0.2, -0.15) is 0 Å². The highest BCUT2D eigenvalue weighted by Gasteiger charge is 2.18. The zero-order valence-electron chi connectivity index (χ0n) is 15.5. The van der Waals surface area contributed by atoms with Crippen LogP contribution in [0.15, 0.2) is 30.3 Å². The monoisotopic (exact) mass is 396 g/mol. The molecule has 2 amide bonds. The standard InChI is InChI=1S/C19H19F3N2O4/c1-11(25)24(12-4-7-15(27-2)16(10-12)28-3)9-8-17(26)23-14-6-5-13(20)18(21)19(14)22/h4-7,10H,8-9H2,1-3H3,(H,23,26). The van der Waals surface area contributed by atoms with Crippen molar-refractivity contribution in [2.75, 3.05) is 31.0 Å². The molecular weight excluding hydrogens is 377 g/mol. The molecule has 0 radical (unpaired) electrons. The minimum atomic E-state index is -1.67. The number of halogens is 3. The van der Waals surface area contributed by atoms with Crippen molar-refractivity contribution in [1.82, 2.24) is 0 Å². The fourth-order valence-corrected chi connectivity index (χ4v) is 2.51. The van der Waals surface area contributed by atoms with Crippen molar-refractivity contribution in [2.45, 2.75) is 13.3 Å². The lowest BCUT2D eigenvalue weighted by atomic mass is 10.2. The summed E-state index contributed by atoms with van der Waals surface area (Å²) >= 11 is 0. The molecule has 0 saturated heterocycles. The first kappa shape index (κ1) is 21.1. The predicted molar refractivity (Wildman–Crippen MR) is 97.1 cm³/mol. The highest BCUT2D eigenvalue weighted by atomic mass is 19.2. The van der Waals surface area contributed by atoms with Crippen molar-refractivity contribution in [3.05, 3.63) is 47.8 Å². The van der Waals surface area contributed by atoms with Crippen LogP contribution in [0.5, 0.6) is 11.5 Å². The number of ether oxygens (including phenoxy) is 2. The van der Waals surface area contributed by atoms with Gasteiger partial charge in [0.2, 0.25) is 11.8 Å². The van der Waals surface area contributed by atoms with Crippen molar-refractivity contribution in [3.63, 3.8) is 0 Å². The molecule has 0 fully saturated rings. The fraction of sp³-hybridized carbons (Fsp3) is 0.263. The maximum atomic E-state index is 13.6. The summed E-state index contributed by atoms with van der Waals surface area (Å²) in [5, 5.41) is 2.16. The number of nitrogens with one attached hydrogen (secondary N) is 1. The Bertz CT molecular complexity index is 890. The number of carbonyl (C=O) groups is 2. The number of hydrogen-bond donors (Lipinski definition) is 1. The Morgan fingerprint density at radius 3 is 2.29 bits per heavy atom. The summed E-state index contributed by atoms with van der Waals surface area (Å²) in [6.45, 7) is 1.30. The molecule has 0 saturated carbocycles. The lowest BCUT2D eigenvalue weighted by molar-refractivity contribution is -0.117. The summed E-state index contributed by atoms with van der Waals surface area (Å²) in [5.74, 6) is -4.65. The van der Waals surface area contributed by atoms with Crippen LogP contribution in [0.4, 0.5) is 24.5 Å². The number of benzene rings is 2. The first-order chi connectivity index (χ1) is 13.3. The van der Waals surface area contributed by atoms with Crippen LogP contribution >= 0.6 is 0 Å². The Morgan fingerprint density at radius 2 is 1.68 bits per heavy atom. The largest absolute Gasteiger partial charge is 0.493 e. The van der Waals surface area contributed by atoms with Gasteiger partial charge in [-0.15, -0.1) is 0 Å². The van der Waals surface area contributed by atoms with E-state index in [1.165, 1.54) is 26.0 Å². The van der Waals surface area contributed by atoms with Gasteiger partial charge in [-0.25, -0.2) is 13.2 Å². The van der Waals surface area contributed by atoms with E-state index in [0.717, 1.165) is 6.07 Å². The van der Waals surface area contributed by atoms with Crippen molar-refractivity contribution < 1.29 is 32.2 Å². The van der Waals surface area contributed by atoms with E-state index in [1.807, 2.05) is 0 Å². The molecule has 0 aromatic heterocycles. The summed E-state index contributed by atoms with van der Waals surface area (Å²) in [7, 11) is 2.92. The molecule has 1 N–H and O–H groups in total. The molecule has 9 heteroatoms. The molecule has 2 aromatic rings. The SMILES string of the molecule is COc1ccc(N(CCC(=O)Nc2ccc(F)c(F)c2F)C(C)=O)cc1OC. The van der Waals surface area contributed by atoms with E-state index in [2.05, 4.69) is 5.32 Å². The molecule has 0 aliphatic rings. The van der Waals surface area contributed by atoms with Gasteiger partial charge in [0.1, 0.15) is 0 Å². The number of rotatable bonds is 7. The third-order valence-corrected chi connectivity index (χ3v) is 3.93. The van der Waals surface area contributed by atoms with Crippen LogP contribution < -0.4 is 19.7 Å². The number of amides is 2. The molecule has 0 aliphatic carbocycles. The molecule has 0 heterocycles. The molecule has 2 rings (SSSR count). The summed E-state index contributed by atoms with van der Waals surface area (Å²) in [6.07, 6.45) is -0.202. The summed E-state index contributed by atoms with van der Waals surface area (Å²) in [6, 6.07) is 6.44. The number of hydrogen-bond acceptors (Lipinski definition) is 4. The van der Waals surface area contributed by atoms with Gasteiger partial charge >= 0.3 is 0 Å². The minimum Gasteiger partial charge on any atom is -0.493 e. The van der Waals surface area contributed by atoms with Crippen LogP contribution in [0, 0.1) is 17.5 Å². The van der Waals surface area contributed by atoms with Gasteiger partial charge < -0.3 is 19.7 Å². The first-order valence-corrected chi connectivity index (χ1v) is 8.22. The normalized spacial score (nSPS) is 10.4. The van der Waals surface area contributed by atoms with Crippen LogP contribution in [0.2, 0.25) is 0 Å². The zero-order chi connectivity index (χ0) is 20.8. The number of carbonyl (C=O) groups excluding carboxylic acids is 2. The van der Waals surface area contributed by atoms with E-state index in [9.17, 15) is 22.8 Å². The highest BCUT2D eigenvalue weighted by Crippen LogP contribution is 2.31. The molecule has 28 heavy (non-hydrogen) atoms. The highest BCUT2D eigenvalue weighted by molar-refractivity contribution is 5.95. The molecule has 6 nitrogen and oxygen atoms in total. The average Bonchev–Trinajstić information content (AvgIpc) is 2.68. The minimum absolute atomic E-state index is 0.0258. The summed E-state index contributed by atoms with van der Waals surface area (Å²) < 4.78 is 50.2. The zero-order valence-corrected chi connectivity index (χ0v) is 15.5. The lowest BCUT2D eigenvalue weighted by Crippen LogP contribution is -2.32. The van der Waals surface area contributed by atoms with Gasteiger partial charge in [-0.05, 0) is 24.3 Å². The van der Waals surface area contributed by atoms with Crippen LogP contribution in [-0.2, 0) is 9.59 Å². The summed E-state index contributed by atoms with van der Waals surface area (Å²) in [5.41, 5.74) is -0.0126. The van der Waals surface area contributed by atoms with E-state index in [0.29, 0.717) is 23.3 Å². The number of nitrogens with zero attached hydrogens (tertiary/aromatic N) is 1. The van der Waals surface area contributed by atoms with E-state index < -0.39 is 29.0 Å². The Morgan fingerprint density at radius 1 is 1.00 bits per heavy atom. The molecule has 0 spiro atoms. The molecular formula is C19H19F3N2O4. The predicted octanol–water partition coefficient (Wildman–Crippen LogP) is 3.50. The maximum Gasteiger partial charge on any atom is 0.226 e. The molecule has 0 aliphatic heterocycles. The lowest BCUT2D eigenvalue weighted by Gasteiger charge is -2.22. The van der Waals surface area contributed by atoms with Crippen LogP contribution in [-0.4, -0.2) is 32.6 Å². The van der Waals surface area contributed by atoms with Gasteiger partial charge in [0.05, 0.1) is 19.9 Å². The second-order valence-electron chi connectivity index (χ2n) is 5.73. The first-order valence-electron chi connectivity index (χ1n) is 8.22. The van der Waals surface area contributed by atoms with Gasteiger partial charge in [0.15, 0.2) is 29.0 Å². The van der Waals surface area contributed by atoms with Crippen LogP contribution in [0.25, 0.3) is 0 Å². The van der Waals surface area contributed by atoms with Crippen molar-refractivity contribution in [1.29, 1.82) is 0 Å². The van der Waals surface area contributed by atoms with Crippen molar-refractivity contribution in [3.8, 4) is 11.5 Å². The Hall–Kier alpha value is -3.23. The van der Waals surface area contributed by atoms with E-state index >= 15 is 0 Å². The third kappa shape index (κ3) is 4.73. The average molecular weight is 396 g/mol. The quantitative estimate of drug-likeness (QED) is 0.728. The summed E-state index contributed by atoms with van der Waals surface area (Å²) in [4.78, 5) is 25.4. The molecule has 0 unspecified atom stereocenters. The molecule has 150 valence electrons. The van der Waals surface area contributed by atoms with Crippen LogP contribution in [0.3, 0.4) is 0 Å². The Balaban J connectivity index is 2.10. The van der Waals surface area contributed by atoms with E-state index in [4.69, 9.17) is 9.47 Å². The topological polar surface area (TPSA) is 67.9 Å². The fourth-order valence-electron chi connectivity index (χ4n) is 2.51. The third-order valence-electron chi connectivity index (χ3n) is 3.93. The number of anilines is 2. The Labute approximate surface area is 159 Å². The number of methoxy groups -OCH3 is 2.